The topological polar surface area (TPSA) is 51.8 Å². The fraction of sp³-hybridized carbons (Fsp3) is 0.250. The van der Waals surface area contributed by atoms with Gasteiger partial charge in [0.1, 0.15) is 21.9 Å². The summed E-state index contributed by atoms with van der Waals surface area (Å²) in [6.07, 6.45) is 1.59. The van der Waals surface area contributed by atoms with Gasteiger partial charge in [-0.25, -0.2) is 15.0 Å². The molecule has 3 aromatic rings. The Morgan fingerprint density at radius 3 is 2.78 bits per heavy atom. The van der Waals surface area contributed by atoms with E-state index in [2.05, 4.69) is 27.9 Å². The first-order chi connectivity index (χ1) is 8.63. The number of rotatable bonds is 2. The predicted octanol–water partition coefficient (Wildman–Crippen LogP) is 3.76. The molecule has 92 valence electrons. The van der Waals surface area contributed by atoms with E-state index in [0.717, 1.165) is 26.7 Å². The quantitative estimate of drug-likeness (QED) is 0.668. The maximum Gasteiger partial charge on any atom is 0.262 e. The van der Waals surface area contributed by atoms with Crippen molar-refractivity contribution in [2.24, 2.45) is 0 Å². The summed E-state index contributed by atoms with van der Waals surface area (Å²) in [6, 6.07) is 2.10. The molecule has 0 amide bonds. The molecule has 3 aromatic heterocycles. The molecule has 0 spiro atoms. The number of oxazole rings is 1. The van der Waals surface area contributed by atoms with E-state index in [1.807, 2.05) is 13.8 Å². The largest absolute Gasteiger partial charge is 0.436 e. The maximum atomic E-state index is 5.57. The monoisotopic (exact) mass is 277 g/mol. The summed E-state index contributed by atoms with van der Waals surface area (Å²) in [5.74, 6) is 0.851. The van der Waals surface area contributed by atoms with Gasteiger partial charge < -0.3 is 4.42 Å². The lowest BCUT2D eigenvalue weighted by atomic mass is 10.4. The van der Waals surface area contributed by atoms with E-state index in [9.17, 15) is 0 Å². The predicted molar refractivity (Wildman–Crippen MR) is 72.3 cm³/mol. The second kappa shape index (κ2) is 4.37. The van der Waals surface area contributed by atoms with E-state index in [0.29, 0.717) is 5.22 Å². The van der Waals surface area contributed by atoms with Crippen LogP contribution in [0.2, 0.25) is 0 Å². The third-order valence-corrected chi connectivity index (χ3v) is 4.44. The molecule has 0 saturated carbocycles. The Labute approximate surface area is 112 Å². The van der Waals surface area contributed by atoms with Crippen LogP contribution in [-0.4, -0.2) is 15.0 Å². The van der Waals surface area contributed by atoms with Crippen molar-refractivity contribution in [1.29, 1.82) is 0 Å². The van der Waals surface area contributed by atoms with E-state index in [1.165, 1.54) is 16.6 Å². The smallest absolute Gasteiger partial charge is 0.262 e. The van der Waals surface area contributed by atoms with Gasteiger partial charge in [0.25, 0.3) is 5.22 Å². The molecule has 0 bridgehead atoms. The molecule has 0 radical (unpaired) electrons. The number of fused-ring (bicyclic) bond motifs is 1. The van der Waals surface area contributed by atoms with Crippen molar-refractivity contribution in [1.82, 2.24) is 15.0 Å². The van der Waals surface area contributed by atoms with Crippen LogP contribution in [0.5, 0.6) is 0 Å². The number of aryl methyl sites for hydroxylation is 3. The van der Waals surface area contributed by atoms with Gasteiger partial charge in [-0.15, -0.1) is 11.3 Å². The van der Waals surface area contributed by atoms with Crippen molar-refractivity contribution < 1.29 is 4.42 Å². The molecule has 0 aromatic carbocycles. The Morgan fingerprint density at radius 2 is 2.06 bits per heavy atom. The first-order valence-corrected chi connectivity index (χ1v) is 7.10. The van der Waals surface area contributed by atoms with Gasteiger partial charge in [-0.2, -0.15) is 0 Å². The Hall–Kier alpha value is -1.40. The van der Waals surface area contributed by atoms with Crippen molar-refractivity contribution in [3.05, 3.63) is 28.7 Å². The van der Waals surface area contributed by atoms with E-state index in [4.69, 9.17) is 4.42 Å². The standard InChI is InChI=1S/C12H11N3OS2/c1-6-4-9-10(17-6)13-5-14-11(9)18-12-15-7(2)8(3)16-12/h4-5H,1-3H3. The van der Waals surface area contributed by atoms with E-state index < -0.39 is 0 Å². The molecule has 0 atom stereocenters. The third-order valence-electron chi connectivity index (χ3n) is 2.61. The Morgan fingerprint density at radius 1 is 1.22 bits per heavy atom. The van der Waals surface area contributed by atoms with E-state index in [-0.39, 0.29) is 0 Å². The maximum absolute atomic E-state index is 5.57. The minimum absolute atomic E-state index is 0.633. The molecule has 0 fully saturated rings. The molecule has 6 heteroatoms. The molecule has 0 aliphatic rings. The lowest BCUT2D eigenvalue weighted by molar-refractivity contribution is 0.431. The molecule has 0 N–H and O–H groups in total. The van der Waals surface area contributed by atoms with Gasteiger partial charge in [-0.05, 0) is 38.6 Å². The highest BCUT2D eigenvalue weighted by atomic mass is 32.2. The Kier molecular flexibility index (Phi) is 2.83. The molecule has 0 saturated heterocycles. The zero-order valence-electron chi connectivity index (χ0n) is 10.2. The number of aromatic nitrogens is 3. The summed E-state index contributed by atoms with van der Waals surface area (Å²) in [7, 11) is 0. The summed E-state index contributed by atoms with van der Waals surface area (Å²) in [5, 5.41) is 2.60. The summed E-state index contributed by atoms with van der Waals surface area (Å²) in [5.41, 5.74) is 0.921. The minimum Gasteiger partial charge on any atom is -0.436 e. The molecule has 3 rings (SSSR count). The lowest BCUT2D eigenvalue weighted by Crippen LogP contribution is -1.83. The molecule has 0 aliphatic heterocycles. The Balaban J connectivity index is 2.04. The van der Waals surface area contributed by atoms with E-state index in [1.54, 1.807) is 17.7 Å². The van der Waals surface area contributed by atoms with Crippen molar-refractivity contribution in [2.45, 2.75) is 31.0 Å². The number of hydrogen-bond donors (Lipinski definition) is 0. The third kappa shape index (κ3) is 2.02. The highest BCUT2D eigenvalue weighted by Gasteiger charge is 2.12. The average Bonchev–Trinajstić information content (AvgIpc) is 2.83. The Bertz CT molecular complexity index is 698. The van der Waals surface area contributed by atoms with Gasteiger partial charge in [0, 0.05) is 10.3 Å². The normalized spacial score (nSPS) is 11.3. The van der Waals surface area contributed by atoms with Crippen molar-refractivity contribution >= 4 is 33.3 Å². The van der Waals surface area contributed by atoms with Crippen LogP contribution >= 0.6 is 23.1 Å². The van der Waals surface area contributed by atoms with Crippen LogP contribution in [-0.2, 0) is 0 Å². The summed E-state index contributed by atoms with van der Waals surface area (Å²) in [6.45, 7) is 5.92. The van der Waals surface area contributed by atoms with Crippen LogP contribution in [0.25, 0.3) is 10.2 Å². The zero-order chi connectivity index (χ0) is 12.7. The lowest BCUT2D eigenvalue weighted by Gasteiger charge is -1.96. The number of nitrogens with zero attached hydrogens (tertiary/aromatic N) is 3. The zero-order valence-corrected chi connectivity index (χ0v) is 11.9. The van der Waals surface area contributed by atoms with Gasteiger partial charge in [-0.3, -0.25) is 0 Å². The number of hydrogen-bond acceptors (Lipinski definition) is 6. The molecule has 18 heavy (non-hydrogen) atoms. The van der Waals surface area contributed by atoms with Crippen LogP contribution in [0.1, 0.15) is 16.3 Å². The SMILES string of the molecule is Cc1cc2c(Sc3nc(C)c(C)o3)ncnc2s1. The van der Waals surface area contributed by atoms with Gasteiger partial charge in [0.2, 0.25) is 0 Å². The van der Waals surface area contributed by atoms with Crippen molar-refractivity contribution in [3.8, 4) is 0 Å². The molecule has 4 nitrogen and oxygen atoms in total. The highest BCUT2D eigenvalue weighted by Crippen LogP contribution is 2.34. The fourth-order valence-corrected chi connectivity index (χ4v) is 3.40. The first-order valence-electron chi connectivity index (χ1n) is 5.46. The van der Waals surface area contributed by atoms with Crippen LogP contribution in [0.15, 0.2) is 27.1 Å². The fourth-order valence-electron chi connectivity index (χ4n) is 1.61. The summed E-state index contributed by atoms with van der Waals surface area (Å²) < 4.78 is 5.57. The molecular weight excluding hydrogens is 266 g/mol. The number of thiophene rings is 1. The van der Waals surface area contributed by atoms with Crippen LogP contribution in [0.4, 0.5) is 0 Å². The molecule has 0 aliphatic carbocycles. The molecule has 0 unspecified atom stereocenters. The van der Waals surface area contributed by atoms with Crippen molar-refractivity contribution in [2.75, 3.05) is 0 Å². The van der Waals surface area contributed by atoms with Crippen LogP contribution in [0.3, 0.4) is 0 Å². The van der Waals surface area contributed by atoms with Gasteiger partial charge in [0.15, 0.2) is 0 Å². The van der Waals surface area contributed by atoms with Crippen LogP contribution < -0.4 is 0 Å². The second-order valence-electron chi connectivity index (χ2n) is 3.98. The summed E-state index contributed by atoms with van der Waals surface area (Å²) in [4.78, 5) is 15.2. The van der Waals surface area contributed by atoms with Gasteiger partial charge in [0.05, 0.1) is 5.69 Å². The van der Waals surface area contributed by atoms with Gasteiger partial charge in [-0.1, -0.05) is 0 Å². The second-order valence-corrected chi connectivity index (χ2v) is 6.15. The van der Waals surface area contributed by atoms with Crippen molar-refractivity contribution in [3.63, 3.8) is 0 Å². The summed E-state index contributed by atoms with van der Waals surface area (Å²) >= 11 is 3.11. The molecule has 3 heterocycles. The average molecular weight is 277 g/mol. The molecular formula is C12H11N3OS2. The first kappa shape index (κ1) is 11.7. The van der Waals surface area contributed by atoms with E-state index >= 15 is 0 Å². The highest BCUT2D eigenvalue weighted by molar-refractivity contribution is 7.99. The minimum atomic E-state index is 0.633. The van der Waals surface area contributed by atoms with Gasteiger partial charge >= 0.3 is 0 Å². The van der Waals surface area contributed by atoms with Crippen LogP contribution in [0, 0.1) is 20.8 Å².